The normalized spacial score (nSPS) is 12.7. The van der Waals surface area contributed by atoms with Gasteiger partial charge in [0.1, 0.15) is 0 Å². The van der Waals surface area contributed by atoms with Gasteiger partial charge < -0.3 is 15.2 Å². The van der Waals surface area contributed by atoms with E-state index in [-0.39, 0.29) is 12.6 Å². The Kier molecular flexibility index (Phi) is 6.64. The van der Waals surface area contributed by atoms with Crippen LogP contribution in [0.15, 0.2) is 28.7 Å². The smallest absolute Gasteiger partial charge is 0.0698 e. The van der Waals surface area contributed by atoms with Crippen molar-refractivity contribution in [2.45, 2.75) is 13.0 Å². The molecule has 0 unspecified atom stereocenters. The topological polar surface area (TPSA) is 41.5 Å². The van der Waals surface area contributed by atoms with Crippen molar-refractivity contribution in [1.29, 1.82) is 0 Å². The molecule has 0 radical (unpaired) electrons. The van der Waals surface area contributed by atoms with Gasteiger partial charge in [-0.15, -0.1) is 0 Å². The number of benzene rings is 1. The van der Waals surface area contributed by atoms with Crippen LogP contribution >= 0.6 is 15.9 Å². The van der Waals surface area contributed by atoms with Gasteiger partial charge >= 0.3 is 0 Å². The molecule has 0 amide bonds. The van der Waals surface area contributed by atoms with E-state index in [1.807, 2.05) is 18.2 Å². The van der Waals surface area contributed by atoms with E-state index in [9.17, 15) is 0 Å². The standard InChI is InChI=1S/C12H18BrNO2/c1-10(14-6-8-16-9-7-15)11-4-2-3-5-12(11)13/h2-5,10,14-15H,6-9H2,1H3/t10-/m1/s1. The van der Waals surface area contributed by atoms with Crippen LogP contribution in [-0.4, -0.2) is 31.5 Å². The van der Waals surface area contributed by atoms with Crippen LogP contribution < -0.4 is 5.32 Å². The monoisotopic (exact) mass is 287 g/mol. The molecule has 0 saturated carbocycles. The summed E-state index contributed by atoms with van der Waals surface area (Å²) in [6.07, 6.45) is 0. The molecule has 0 heterocycles. The molecule has 3 nitrogen and oxygen atoms in total. The number of aliphatic hydroxyl groups is 1. The molecule has 90 valence electrons. The maximum atomic E-state index is 8.54. The van der Waals surface area contributed by atoms with Crippen LogP contribution in [0.3, 0.4) is 0 Å². The Morgan fingerprint density at radius 2 is 2.12 bits per heavy atom. The van der Waals surface area contributed by atoms with Crippen molar-refractivity contribution >= 4 is 15.9 Å². The summed E-state index contributed by atoms with van der Waals surface area (Å²) in [6, 6.07) is 8.45. The second kappa shape index (κ2) is 7.79. The third kappa shape index (κ3) is 4.61. The Bertz CT molecular complexity index is 307. The van der Waals surface area contributed by atoms with Gasteiger partial charge in [0.15, 0.2) is 0 Å². The van der Waals surface area contributed by atoms with Crippen molar-refractivity contribution in [3.63, 3.8) is 0 Å². The van der Waals surface area contributed by atoms with Crippen molar-refractivity contribution in [2.24, 2.45) is 0 Å². The Labute approximate surface area is 105 Å². The van der Waals surface area contributed by atoms with Gasteiger partial charge in [0.2, 0.25) is 0 Å². The molecular formula is C12H18BrNO2. The zero-order valence-corrected chi connectivity index (χ0v) is 11.0. The van der Waals surface area contributed by atoms with Crippen LogP contribution in [0, 0.1) is 0 Å². The molecule has 1 aromatic rings. The number of rotatable bonds is 7. The highest BCUT2D eigenvalue weighted by molar-refractivity contribution is 9.10. The molecule has 0 fully saturated rings. The molecule has 4 heteroatoms. The molecule has 1 atom stereocenters. The van der Waals surface area contributed by atoms with E-state index in [0.29, 0.717) is 13.2 Å². The van der Waals surface area contributed by atoms with Gasteiger partial charge in [0.25, 0.3) is 0 Å². The van der Waals surface area contributed by atoms with E-state index < -0.39 is 0 Å². The third-order valence-corrected chi connectivity index (χ3v) is 3.03. The number of ether oxygens (including phenoxy) is 1. The average molecular weight is 288 g/mol. The summed E-state index contributed by atoms with van der Waals surface area (Å²) in [6.45, 7) is 4.01. The first kappa shape index (κ1) is 13.6. The lowest BCUT2D eigenvalue weighted by atomic mass is 10.1. The second-order valence-corrected chi connectivity index (χ2v) is 4.39. The van der Waals surface area contributed by atoms with E-state index in [0.717, 1.165) is 11.0 Å². The van der Waals surface area contributed by atoms with Gasteiger partial charge in [-0.2, -0.15) is 0 Å². The van der Waals surface area contributed by atoms with Gasteiger partial charge in [-0.05, 0) is 18.6 Å². The number of hydrogen-bond acceptors (Lipinski definition) is 3. The van der Waals surface area contributed by atoms with Crippen molar-refractivity contribution in [3.05, 3.63) is 34.3 Å². The van der Waals surface area contributed by atoms with Crippen LogP contribution in [-0.2, 0) is 4.74 Å². The highest BCUT2D eigenvalue weighted by Crippen LogP contribution is 2.22. The van der Waals surface area contributed by atoms with E-state index >= 15 is 0 Å². The second-order valence-electron chi connectivity index (χ2n) is 3.53. The number of halogens is 1. The van der Waals surface area contributed by atoms with E-state index in [1.54, 1.807) is 0 Å². The highest BCUT2D eigenvalue weighted by Gasteiger charge is 2.06. The van der Waals surface area contributed by atoms with Crippen molar-refractivity contribution in [2.75, 3.05) is 26.4 Å². The Balaban J connectivity index is 2.30. The maximum Gasteiger partial charge on any atom is 0.0698 e. The minimum atomic E-state index is 0.0831. The molecule has 2 N–H and O–H groups in total. The number of aliphatic hydroxyl groups excluding tert-OH is 1. The fourth-order valence-electron chi connectivity index (χ4n) is 1.45. The lowest BCUT2D eigenvalue weighted by Gasteiger charge is -2.15. The van der Waals surface area contributed by atoms with E-state index in [4.69, 9.17) is 9.84 Å². The fourth-order valence-corrected chi connectivity index (χ4v) is 2.08. The van der Waals surface area contributed by atoms with Crippen molar-refractivity contribution in [1.82, 2.24) is 5.32 Å². The molecule has 0 aliphatic carbocycles. The minimum Gasteiger partial charge on any atom is -0.394 e. The Hall–Kier alpha value is -0.420. The van der Waals surface area contributed by atoms with Gasteiger partial charge in [-0.25, -0.2) is 0 Å². The van der Waals surface area contributed by atoms with Crippen LogP contribution in [0.1, 0.15) is 18.5 Å². The summed E-state index contributed by atoms with van der Waals surface area (Å²) < 4.78 is 6.29. The first-order chi connectivity index (χ1) is 7.75. The van der Waals surface area contributed by atoms with Gasteiger partial charge in [-0.1, -0.05) is 34.1 Å². The number of hydrogen-bond donors (Lipinski definition) is 2. The summed E-state index contributed by atoms with van der Waals surface area (Å²) in [5.74, 6) is 0. The largest absolute Gasteiger partial charge is 0.394 e. The van der Waals surface area contributed by atoms with Crippen LogP contribution in [0.25, 0.3) is 0 Å². The zero-order valence-electron chi connectivity index (χ0n) is 9.45. The molecule has 0 aromatic heterocycles. The minimum absolute atomic E-state index is 0.0831. The summed E-state index contributed by atoms with van der Waals surface area (Å²) in [4.78, 5) is 0. The summed E-state index contributed by atoms with van der Waals surface area (Å²) in [5, 5.41) is 11.9. The van der Waals surface area contributed by atoms with Gasteiger partial charge in [-0.3, -0.25) is 0 Å². The molecule has 1 rings (SSSR count). The third-order valence-electron chi connectivity index (χ3n) is 2.30. The molecule has 1 aromatic carbocycles. The van der Waals surface area contributed by atoms with Crippen LogP contribution in [0.4, 0.5) is 0 Å². The van der Waals surface area contributed by atoms with Gasteiger partial charge in [0.05, 0.1) is 19.8 Å². The van der Waals surface area contributed by atoms with Crippen LogP contribution in [0.2, 0.25) is 0 Å². The Morgan fingerprint density at radius 3 is 2.81 bits per heavy atom. The molecule has 0 aliphatic heterocycles. The molecule has 0 bridgehead atoms. The van der Waals surface area contributed by atoms with Crippen LogP contribution in [0.5, 0.6) is 0 Å². The van der Waals surface area contributed by atoms with E-state index in [1.165, 1.54) is 5.56 Å². The first-order valence-corrected chi connectivity index (χ1v) is 6.21. The highest BCUT2D eigenvalue weighted by atomic mass is 79.9. The molecule has 0 saturated heterocycles. The lowest BCUT2D eigenvalue weighted by Crippen LogP contribution is -2.24. The summed E-state index contributed by atoms with van der Waals surface area (Å²) in [7, 11) is 0. The SMILES string of the molecule is C[C@@H](NCCOCCO)c1ccccc1Br. The quantitative estimate of drug-likeness (QED) is 0.755. The molecule has 16 heavy (non-hydrogen) atoms. The van der Waals surface area contributed by atoms with Crippen molar-refractivity contribution < 1.29 is 9.84 Å². The Morgan fingerprint density at radius 1 is 1.38 bits per heavy atom. The van der Waals surface area contributed by atoms with E-state index in [2.05, 4.69) is 34.2 Å². The molecule has 0 aliphatic rings. The van der Waals surface area contributed by atoms with Crippen molar-refractivity contribution in [3.8, 4) is 0 Å². The predicted octanol–water partition coefficient (Wildman–Crippen LogP) is 2.11. The molecular weight excluding hydrogens is 270 g/mol. The van der Waals surface area contributed by atoms with Gasteiger partial charge in [0, 0.05) is 17.1 Å². The predicted molar refractivity (Wildman–Crippen MR) is 68.5 cm³/mol. The summed E-state index contributed by atoms with van der Waals surface area (Å²) in [5.41, 5.74) is 1.24. The first-order valence-electron chi connectivity index (χ1n) is 5.42. The summed E-state index contributed by atoms with van der Waals surface area (Å²) >= 11 is 3.53. The average Bonchev–Trinajstić information content (AvgIpc) is 2.29. The fraction of sp³-hybridized carbons (Fsp3) is 0.500. The zero-order chi connectivity index (χ0) is 11.8. The number of nitrogens with one attached hydrogen (secondary N) is 1. The maximum absolute atomic E-state index is 8.54. The molecule has 0 spiro atoms. The lowest BCUT2D eigenvalue weighted by molar-refractivity contribution is 0.0928.